The molecule has 2 aliphatic rings. The van der Waals surface area contributed by atoms with Gasteiger partial charge in [-0.15, -0.1) is 0 Å². The second-order valence-electron chi connectivity index (χ2n) is 6.62. The van der Waals surface area contributed by atoms with Crippen LogP contribution in [0.1, 0.15) is 44.7 Å². The van der Waals surface area contributed by atoms with Crippen LogP contribution < -0.4 is 10.1 Å². The molecule has 2 heterocycles. The van der Waals surface area contributed by atoms with Gasteiger partial charge in [0.1, 0.15) is 17.2 Å². The fraction of sp³-hybridized carbons (Fsp3) is 0.647. The van der Waals surface area contributed by atoms with Crippen LogP contribution in [0.4, 0.5) is 4.39 Å². The average Bonchev–Trinajstić information content (AvgIpc) is 2.46. The highest BCUT2D eigenvalue weighted by molar-refractivity contribution is 5.39. The molecule has 0 radical (unpaired) electrons. The lowest BCUT2D eigenvalue weighted by molar-refractivity contribution is -0.116. The van der Waals surface area contributed by atoms with Gasteiger partial charge in [0.25, 0.3) is 0 Å². The second-order valence-corrected chi connectivity index (χ2v) is 6.62. The lowest BCUT2D eigenvalue weighted by atomic mass is 9.78. The maximum absolute atomic E-state index is 13.6. The van der Waals surface area contributed by atoms with Crippen molar-refractivity contribution >= 4 is 0 Å². The van der Waals surface area contributed by atoms with Gasteiger partial charge in [0.15, 0.2) is 0 Å². The van der Waals surface area contributed by atoms with E-state index in [1.54, 1.807) is 0 Å². The van der Waals surface area contributed by atoms with Crippen molar-refractivity contribution < 1.29 is 13.9 Å². The molecule has 1 aromatic rings. The fourth-order valence-corrected chi connectivity index (χ4v) is 3.53. The SMILES string of the molecule is CNC1CC2(CCOC(C(C)C)C2)Oc2cc(F)ccc21. The Kier molecular flexibility index (Phi) is 3.93. The molecule has 1 saturated heterocycles. The van der Waals surface area contributed by atoms with Crippen molar-refractivity contribution in [3.63, 3.8) is 0 Å². The van der Waals surface area contributed by atoms with Crippen LogP contribution in [-0.2, 0) is 4.74 Å². The molecular formula is C17H24FNO2. The molecule has 0 amide bonds. The van der Waals surface area contributed by atoms with E-state index in [-0.39, 0.29) is 23.6 Å². The fourth-order valence-electron chi connectivity index (χ4n) is 3.53. The number of halogens is 1. The molecule has 4 heteroatoms. The number of fused-ring (bicyclic) bond motifs is 1. The van der Waals surface area contributed by atoms with Crippen molar-refractivity contribution in [2.75, 3.05) is 13.7 Å². The Morgan fingerprint density at radius 2 is 2.14 bits per heavy atom. The van der Waals surface area contributed by atoms with E-state index >= 15 is 0 Å². The van der Waals surface area contributed by atoms with Crippen molar-refractivity contribution in [3.05, 3.63) is 29.6 Å². The molecular weight excluding hydrogens is 269 g/mol. The van der Waals surface area contributed by atoms with Crippen LogP contribution in [-0.4, -0.2) is 25.4 Å². The van der Waals surface area contributed by atoms with Gasteiger partial charge in [-0.25, -0.2) is 4.39 Å². The zero-order valence-corrected chi connectivity index (χ0v) is 13.0. The standard InChI is InChI=1S/C17H24FNO2/c1-11(2)16-10-17(6-7-20-16)9-14(19-3)13-5-4-12(18)8-15(13)21-17/h4-5,8,11,14,16,19H,6-7,9-10H2,1-3H3. The van der Waals surface area contributed by atoms with E-state index in [4.69, 9.17) is 9.47 Å². The highest BCUT2D eigenvalue weighted by Gasteiger charge is 2.45. The maximum Gasteiger partial charge on any atom is 0.127 e. The van der Waals surface area contributed by atoms with Gasteiger partial charge in [0.2, 0.25) is 0 Å². The van der Waals surface area contributed by atoms with E-state index < -0.39 is 0 Å². The number of ether oxygens (including phenoxy) is 2. The number of hydrogen-bond donors (Lipinski definition) is 1. The van der Waals surface area contributed by atoms with E-state index in [0.717, 1.165) is 24.8 Å². The Morgan fingerprint density at radius 1 is 1.33 bits per heavy atom. The van der Waals surface area contributed by atoms with Crippen molar-refractivity contribution in [2.24, 2.45) is 5.92 Å². The summed E-state index contributed by atoms with van der Waals surface area (Å²) in [5.74, 6) is 0.908. The van der Waals surface area contributed by atoms with Crippen LogP contribution in [0.3, 0.4) is 0 Å². The number of hydrogen-bond acceptors (Lipinski definition) is 3. The molecule has 21 heavy (non-hydrogen) atoms. The van der Waals surface area contributed by atoms with Gasteiger partial charge in [-0.2, -0.15) is 0 Å². The summed E-state index contributed by atoms with van der Waals surface area (Å²) in [6.45, 7) is 5.06. The monoisotopic (exact) mass is 293 g/mol. The average molecular weight is 293 g/mol. The summed E-state index contributed by atoms with van der Waals surface area (Å²) in [6, 6.07) is 5.06. The molecule has 0 aliphatic carbocycles. The highest BCUT2D eigenvalue weighted by atomic mass is 19.1. The van der Waals surface area contributed by atoms with E-state index in [1.807, 2.05) is 13.1 Å². The number of benzene rings is 1. The third-order valence-electron chi connectivity index (χ3n) is 4.81. The van der Waals surface area contributed by atoms with Gasteiger partial charge in [-0.3, -0.25) is 0 Å². The smallest absolute Gasteiger partial charge is 0.127 e. The zero-order valence-electron chi connectivity index (χ0n) is 13.0. The van der Waals surface area contributed by atoms with E-state index in [0.29, 0.717) is 18.3 Å². The summed E-state index contributed by atoms with van der Waals surface area (Å²) in [5, 5.41) is 3.35. The first kappa shape index (κ1) is 14.8. The summed E-state index contributed by atoms with van der Waals surface area (Å²) in [5.41, 5.74) is 0.818. The van der Waals surface area contributed by atoms with Gasteiger partial charge < -0.3 is 14.8 Å². The Balaban J connectivity index is 1.92. The van der Waals surface area contributed by atoms with Crippen LogP contribution in [0.5, 0.6) is 5.75 Å². The van der Waals surface area contributed by atoms with Crippen LogP contribution in [0.25, 0.3) is 0 Å². The topological polar surface area (TPSA) is 30.5 Å². The third kappa shape index (κ3) is 2.79. The Morgan fingerprint density at radius 3 is 2.86 bits per heavy atom. The number of nitrogens with one attached hydrogen (secondary N) is 1. The lowest BCUT2D eigenvalue weighted by Gasteiger charge is -2.47. The minimum atomic E-state index is -0.242. The minimum absolute atomic E-state index is 0.209. The number of rotatable bonds is 2. The molecule has 1 N–H and O–H groups in total. The molecule has 3 unspecified atom stereocenters. The maximum atomic E-state index is 13.6. The summed E-state index contributed by atoms with van der Waals surface area (Å²) in [6.07, 6.45) is 2.86. The minimum Gasteiger partial charge on any atom is -0.487 e. The first-order valence-electron chi connectivity index (χ1n) is 7.80. The predicted molar refractivity (Wildman–Crippen MR) is 80.0 cm³/mol. The van der Waals surface area contributed by atoms with Crippen LogP contribution in [0.15, 0.2) is 18.2 Å². The van der Waals surface area contributed by atoms with Gasteiger partial charge in [0.05, 0.1) is 12.7 Å². The second kappa shape index (κ2) is 5.58. The summed E-state index contributed by atoms with van der Waals surface area (Å²) in [4.78, 5) is 0. The molecule has 3 nitrogen and oxygen atoms in total. The van der Waals surface area contributed by atoms with Crippen LogP contribution in [0.2, 0.25) is 0 Å². The van der Waals surface area contributed by atoms with Crippen molar-refractivity contribution in [2.45, 2.75) is 50.9 Å². The lowest BCUT2D eigenvalue weighted by Crippen LogP contribution is -2.51. The Hall–Kier alpha value is -1.13. The highest BCUT2D eigenvalue weighted by Crippen LogP contribution is 2.45. The molecule has 116 valence electrons. The van der Waals surface area contributed by atoms with Crippen molar-refractivity contribution in [1.29, 1.82) is 0 Å². The summed E-state index contributed by atoms with van der Waals surface area (Å²) < 4.78 is 25.7. The Labute approximate surface area is 125 Å². The normalized spacial score (nSPS) is 32.0. The molecule has 3 atom stereocenters. The first-order valence-corrected chi connectivity index (χ1v) is 7.80. The van der Waals surface area contributed by atoms with Crippen LogP contribution in [0, 0.1) is 11.7 Å². The Bertz CT molecular complexity index is 520. The molecule has 0 bridgehead atoms. The summed E-state index contributed by atoms with van der Waals surface area (Å²) >= 11 is 0. The molecule has 1 spiro atoms. The van der Waals surface area contributed by atoms with Crippen molar-refractivity contribution in [1.82, 2.24) is 5.32 Å². The molecule has 1 fully saturated rings. The van der Waals surface area contributed by atoms with Crippen molar-refractivity contribution in [3.8, 4) is 5.75 Å². The van der Waals surface area contributed by atoms with E-state index in [9.17, 15) is 4.39 Å². The molecule has 3 rings (SSSR count). The van der Waals surface area contributed by atoms with Crippen LogP contribution >= 0.6 is 0 Å². The molecule has 1 aromatic carbocycles. The van der Waals surface area contributed by atoms with Gasteiger partial charge >= 0.3 is 0 Å². The zero-order chi connectivity index (χ0) is 15.0. The quantitative estimate of drug-likeness (QED) is 0.906. The first-order chi connectivity index (χ1) is 10.0. The molecule has 2 aliphatic heterocycles. The van der Waals surface area contributed by atoms with E-state index in [1.165, 1.54) is 12.1 Å². The molecule has 0 saturated carbocycles. The molecule has 0 aromatic heterocycles. The summed E-state index contributed by atoms with van der Waals surface area (Å²) in [7, 11) is 1.95. The van der Waals surface area contributed by atoms with Gasteiger partial charge in [-0.05, 0) is 19.0 Å². The van der Waals surface area contributed by atoms with Gasteiger partial charge in [-0.1, -0.05) is 19.9 Å². The largest absolute Gasteiger partial charge is 0.487 e. The van der Waals surface area contributed by atoms with Gasteiger partial charge in [0, 0.05) is 36.9 Å². The predicted octanol–water partition coefficient (Wildman–Crippen LogP) is 3.44. The van der Waals surface area contributed by atoms with E-state index in [2.05, 4.69) is 19.2 Å². The third-order valence-corrected chi connectivity index (χ3v) is 4.81.